The van der Waals surface area contributed by atoms with E-state index >= 15 is 0 Å². The maximum absolute atomic E-state index is 6.04. The lowest BCUT2D eigenvalue weighted by Gasteiger charge is -2.24. The molecular formula is C18H23ClN2. The monoisotopic (exact) mass is 302 g/mol. The van der Waals surface area contributed by atoms with E-state index in [2.05, 4.69) is 42.2 Å². The molecule has 2 heterocycles. The second kappa shape index (κ2) is 6.65. The predicted octanol–water partition coefficient (Wildman–Crippen LogP) is 4.99. The van der Waals surface area contributed by atoms with Gasteiger partial charge in [0.1, 0.15) is 5.82 Å². The molecule has 1 unspecified atom stereocenters. The van der Waals surface area contributed by atoms with Crippen molar-refractivity contribution in [2.24, 2.45) is 5.92 Å². The summed E-state index contributed by atoms with van der Waals surface area (Å²) >= 11 is 6.04. The third-order valence-corrected chi connectivity index (χ3v) is 4.91. The van der Waals surface area contributed by atoms with Crippen molar-refractivity contribution in [1.82, 2.24) is 4.98 Å². The first kappa shape index (κ1) is 14.6. The molecule has 0 spiro atoms. The third kappa shape index (κ3) is 3.16. The van der Waals surface area contributed by atoms with Crippen LogP contribution in [-0.4, -0.2) is 18.1 Å². The van der Waals surface area contributed by atoms with Gasteiger partial charge in [0.2, 0.25) is 0 Å². The van der Waals surface area contributed by atoms with Gasteiger partial charge in [0.05, 0.1) is 11.6 Å². The van der Waals surface area contributed by atoms with Gasteiger partial charge < -0.3 is 4.90 Å². The first-order valence-electron chi connectivity index (χ1n) is 8.01. The zero-order valence-corrected chi connectivity index (χ0v) is 13.4. The average molecular weight is 303 g/mol. The number of hydrogen-bond donors (Lipinski definition) is 0. The first-order chi connectivity index (χ1) is 10.3. The van der Waals surface area contributed by atoms with Gasteiger partial charge in [0.25, 0.3) is 0 Å². The fourth-order valence-electron chi connectivity index (χ4n) is 3.33. The number of alkyl halides is 1. The Morgan fingerprint density at radius 2 is 2.10 bits per heavy atom. The van der Waals surface area contributed by atoms with Crippen molar-refractivity contribution in [1.29, 1.82) is 0 Å². The lowest BCUT2D eigenvalue weighted by Crippen LogP contribution is -2.25. The molecule has 1 aromatic carbocycles. The van der Waals surface area contributed by atoms with E-state index in [1.54, 1.807) is 0 Å². The molecule has 1 saturated heterocycles. The van der Waals surface area contributed by atoms with Crippen LogP contribution in [0.1, 0.15) is 38.3 Å². The molecular weight excluding hydrogens is 280 g/mol. The largest absolute Gasteiger partial charge is 0.356 e. The first-order valence-corrected chi connectivity index (χ1v) is 8.55. The zero-order valence-electron chi connectivity index (χ0n) is 12.7. The van der Waals surface area contributed by atoms with E-state index < -0.39 is 0 Å². The van der Waals surface area contributed by atoms with Crippen molar-refractivity contribution < 1.29 is 0 Å². The van der Waals surface area contributed by atoms with Gasteiger partial charge in [-0.3, -0.25) is 0 Å². The molecule has 21 heavy (non-hydrogen) atoms. The van der Waals surface area contributed by atoms with Crippen LogP contribution in [0.25, 0.3) is 10.8 Å². The Kier molecular flexibility index (Phi) is 4.64. The van der Waals surface area contributed by atoms with Crippen LogP contribution in [0, 0.1) is 5.92 Å². The minimum Gasteiger partial charge on any atom is -0.356 e. The minimum atomic E-state index is 0.475. The number of nitrogens with zero attached hydrogens (tertiary/aromatic N) is 2. The Morgan fingerprint density at radius 3 is 2.90 bits per heavy atom. The molecule has 0 saturated carbocycles. The summed E-state index contributed by atoms with van der Waals surface area (Å²) in [6, 6.07) is 10.6. The highest BCUT2D eigenvalue weighted by Crippen LogP contribution is 2.29. The smallest absolute Gasteiger partial charge is 0.136 e. The van der Waals surface area contributed by atoms with Gasteiger partial charge in [0, 0.05) is 18.5 Å². The maximum atomic E-state index is 6.04. The summed E-state index contributed by atoms with van der Waals surface area (Å²) in [6.07, 6.45) is 5.18. The van der Waals surface area contributed by atoms with E-state index in [9.17, 15) is 0 Å². The van der Waals surface area contributed by atoms with E-state index in [0.29, 0.717) is 5.88 Å². The maximum Gasteiger partial charge on any atom is 0.136 e. The van der Waals surface area contributed by atoms with E-state index in [1.807, 2.05) is 0 Å². The summed E-state index contributed by atoms with van der Waals surface area (Å²) in [7, 11) is 0. The number of benzene rings is 1. The fourth-order valence-corrected chi connectivity index (χ4v) is 3.47. The lowest BCUT2D eigenvalue weighted by atomic mass is 9.98. The predicted molar refractivity (Wildman–Crippen MR) is 91.1 cm³/mol. The lowest BCUT2D eigenvalue weighted by molar-refractivity contribution is 0.459. The second-order valence-electron chi connectivity index (χ2n) is 5.98. The Morgan fingerprint density at radius 1 is 1.24 bits per heavy atom. The van der Waals surface area contributed by atoms with E-state index in [-0.39, 0.29) is 0 Å². The highest BCUT2D eigenvalue weighted by molar-refractivity contribution is 6.17. The van der Waals surface area contributed by atoms with Crippen LogP contribution in [0.5, 0.6) is 0 Å². The molecule has 1 aliphatic rings. The summed E-state index contributed by atoms with van der Waals surface area (Å²) in [5, 5.41) is 2.50. The van der Waals surface area contributed by atoms with Crippen LogP contribution in [-0.2, 0) is 5.88 Å². The molecule has 1 aliphatic heterocycles. The topological polar surface area (TPSA) is 16.1 Å². The second-order valence-corrected chi connectivity index (χ2v) is 6.25. The van der Waals surface area contributed by atoms with Crippen molar-refractivity contribution in [2.45, 2.75) is 38.5 Å². The highest BCUT2D eigenvalue weighted by atomic mass is 35.5. The Labute approximate surface area is 132 Å². The van der Waals surface area contributed by atoms with Gasteiger partial charge in [-0.25, -0.2) is 4.98 Å². The Bertz CT molecular complexity index is 611. The Balaban J connectivity index is 1.98. The van der Waals surface area contributed by atoms with Gasteiger partial charge in [0.15, 0.2) is 0 Å². The summed E-state index contributed by atoms with van der Waals surface area (Å²) in [5.74, 6) is 2.47. The summed E-state index contributed by atoms with van der Waals surface area (Å²) in [5.41, 5.74) is 0.974. The number of hydrogen-bond acceptors (Lipinski definition) is 2. The van der Waals surface area contributed by atoms with Crippen LogP contribution in [0.4, 0.5) is 5.82 Å². The van der Waals surface area contributed by atoms with Gasteiger partial charge in [-0.05, 0) is 36.6 Å². The molecule has 3 heteroatoms. The molecule has 0 bridgehead atoms. The number of pyridine rings is 1. The van der Waals surface area contributed by atoms with Gasteiger partial charge in [-0.15, -0.1) is 11.6 Å². The molecule has 0 aliphatic carbocycles. The average Bonchev–Trinajstić information content (AvgIpc) is 2.79. The molecule has 0 N–H and O–H groups in total. The van der Waals surface area contributed by atoms with Crippen molar-refractivity contribution >= 4 is 28.2 Å². The van der Waals surface area contributed by atoms with Crippen LogP contribution in [0.3, 0.4) is 0 Å². The van der Waals surface area contributed by atoms with Crippen molar-refractivity contribution in [2.75, 3.05) is 18.0 Å². The molecule has 0 amide bonds. The van der Waals surface area contributed by atoms with Crippen LogP contribution < -0.4 is 4.90 Å². The van der Waals surface area contributed by atoms with Crippen molar-refractivity contribution in [3.05, 3.63) is 36.0 Å². The SMILES string of the molecule is CCC1CCCN(c2nc(CCl)cc3ccccc23)CC1. The zero-order chi connectivity index (χ0) is 14.7. The minimum absolute atomic E-state index is 0.475. The third-order valence-electron chi connectivity index (χ3n) is 4.63. The molecule has 112 valence electrons. The number of halogens is 1. The molecule has 2 aromatic rings. The molecule has 2 nitrogen and oxygen atoms in total. The Hall–Kier alpha value is -1.28. The highest BCUT2D eigenvalue weighted by Gasteiger charge is 2.19. The quantitative estimate of drug-likeness (QED) is 0.743. The number of fused-ring (bicyclic) bond motifs is 1. The summed E-state index contributed by atoms with van der Waals surface area (Å²) < 4.78 is 0. The number of aromatic nitrogens is 1. The summed E-state index contributed by atoms with van der Waals surface area (Å²) in [6.45, 7) is 4.53. The molecule has 1 aromatic heterocycles. The number of anilines is 1. The number of rotatable bonds is 3. The van der Waals surface area contributed by atoms with Gasteiger partial charge in [-0.1, -0.05) is 37.6 Å². The molecule has 1 atom stereocenters. The van der Waals surface area contributed by atoms with E-state index in [4.69, 9.17) is 16.6 Å². The summed E-state index contributed by atoms with van der Waals surface area (Å²) in [4.78, 5) is 7.30. The van der Waals surface area contributed by atoms with Crippen molar-refractivity contribution in [3.63, 3.8) is 0 Å². The van der Waals surface area contributed by atoms with Gasteiger partial charge >= 0.3 is 0 Å². The standard InChI is InChI=1S/C18H23ClN2/c1-2-14-6-5-10-21(11-9-14)18-17-8-4-3-7-15(17)12-16(13-19)20-18/h3-4,7-8,12,14H,2,5-6,9-11,13H2,1H3. The molecule has 0 radical (unpaired) electrons. The van der Waals surface area contributed by atoms with Crippen molar-refractivity contribution in [3.8, 4) is 0 Å². The van der Waals surface area contributed by atoms with Crippen LogP contribution in [0.15, 0.2) is 30.3 Å². The van der Waals surface area contributed by atoms with Gasteiger partial charge in [-0.2, -0.15) is 0 Å². The van der Waals surface area contributed by atoms with Crippen LogP contribution >= 0.6 is 11.6 Å². The molecule has 3 rings (SSSR count). The fraction of sp³-hybridized carbons (Fsp3) is 0.500. The van der Waals surface area contributed by atoms with E-state index in [0.717, 1.165) is 30.5 Å². The van der Waals surface area contributed by atoms with E-state index in [1.165, 1.54) is 36.5 Å². The normalized spacial score (nSPS) is 19.7. The molecule has 1 fully saturated rings. The van der Waals surface area contributed by atoms with Crippen LogP contribution in [0.2, 0.25) is 0 Å².